The number of hydrogen-bond acceptors (Lipinski definition) is 2. The smallest absolute Gasteiger partial charge is 0.177 e. The van der Waals surface area contributed by atoms with Gasteiger partial charge in [0, 0.05) is 0 Å². The molecule has 0 spiro atoms. The SMILES string of the molecule is C=C(N)O[C@]1(C)C[C@H](C)C1. The van der Waals surface area contributed by atoms with Gasteiger partial charge in [-0.25, -0.2) is 0 Å². The summed E-state index contributed by atoms with van der Waals surface area (Å²) in [5, 5.41) is 0. The van der Waals surface area contributed by atoms with E-state index in [1.807, 2.05) is 0 Å². The second kappa shape index (κ2) is 2.19. The average Bonchev–Trinajstić information content (AvgIpc) is 1.57. The fourth-order valence-electron chi connectivity index (χ4n) is 1.81. The molecule has 1 rings (SSSR count). The summed E-state index contributed by atoms with van der Waals surface area (Å²) in [5.74, 6) is 1.12. The van der Waals surface area contributed by atoms with Crippen LogP contribution in [0.1, 0.15) is 26.7 Å². The maximum atomic E-state index is 5.33. The molecule has 10 heavy (non-hydrogen) atoms. The molecule has 0 bridgehead atoms. The highest BCUT2D eigenvalue weighted by Gasteiger charge is 2.39. The first-order valence-corrected chi connectivity index (χ1v) is 3.65. The number of rotatable bonds is 2. The summed E-state index contributed by atoms with van der Waals surface area (Å²) < 4.78 is 5.33. The van der Waals surface area contributed by atoms with E-state index in [1.165, 1.54) is 0 Å². The Hall–Kier alpha value is -0.660. The van der Waals surface area contributed by atoms with E-state index in [0.717, 1.165) is 18.8 Å². The van der Waals surface area contributed by atoms with Crippen molar-refractivity contribution in [3.8, 4) is 0 Å². The molecule has 2 heteroatoms. The summed E-state index contributed by atoms with van der Waals surface area (Å²) in [4.78, 5) is 0. The van der Waals surface area contributed by atoms with Crippen molar-refractivity contribution in [1.82, 2.24) is 0 Å². The molecule has 0 unspecified atom stereocenters. The van der Waals surface area contributed by atoms with Gasteiger partial charge in [0.1, 0.15) is 5.60 Å². The van der Waals surface area contributed by atoms with Crippen LogP contribution < -0.4 is 5.73 Å². The highest BCUT2D eigenvalue weighted by molar-refractivity contribution is 4.93. The molecular weight excluding hydrogens is 126 g/mol. The predicted octanol–water partition coefficient (Wildman–Crippen LogP) is 1.62. The third-order valence-electron chi connectivity index (χ3n) is 1.94. The maximum Gasteiger partial charge on any atom is 0.177 e. The second-order valence-corrected chi connectivity index (χ2v) is 3.53. The van der Waals surface area contributed by atoms with Gasteiger partial charge in [-0.2, -0.15) is 0 Å². The first kappa shape index (κ1) is 7.45. The number of hydrogen-bond donors (Lipinski definition) is 1. The minimum atomic E-state index is -0.00868. The van der Waals surface area contributed by atoms with Crippen molar-refractivity contribution in [3.63, 3.8) is 0 Å². The first-order valence-electron chi connectivity index (χ1n) is 3.65. The van der Waals surface area contributed by atoms with Crippen molar-refractivity contribution in [2.75, 3.05) is 0 Å². The molecule has 0 aliphatic heterocycles. The molecule has 0 aromatic rings. The van der Waals surface area contributed by atoms with Crippen LogP contribution in [0, 0.1) is 5.92 Å². The largest absolute Gasteiger partial charge is 0.474 e. The molecule has 0 aromatic carbocycles. The van der Waals surface area contributed by atoms with Crippen molar-refractivity contribution in [2.24, 2.45) is 11.7 Å². The van der Waals surface area contributed by atoms with Crippen molar-refractivity contribution in [3.05, 3.63) is 12.5 Å². The van der Waals surface area contributed by atoms with Crippen LogP contribution in [0.4, 0.5) is 0 Å². The summed E-state index contributed by atoms with van der Waals surface area (Å²) >= 11 is 0. The molecule has 58 valence electrons. The summed E-state index contributed by atoms with van der Waals surface area (Å²) in [6.45, 7) is 7.79. The normalized spacial score (nSPS) is 38.4. The monoisotopic (exact) mass is 141 g/mol. The lowest BCUT2D eigenvalue weighted by Crippen LogP contribution is -2.42. The lowest BCUT2D eigenvalue weighted by Gasteiger charge is -2.43. The molecule has 2 N–H and O–H groups in total. The van der Waals surface area contributed by atoms with Crippen molar-refractivity contribution >= 4 is 0 Å². The van der Waals surface area contributed by atoms with Crippen LogP contribution in [0.3, 0.4) is 0 Å². The molecule has 0 saturated heterocycles. The van der Waals surface area contributed by atoms with E-state index in [9.17, 15) is 0 Å². The molecule has 1 fully saturated rings. The molecular formula is C8H15NO. The van der Waals surface area contributed by atoms with Crippen molar-refractivity contribution < 1.29 is 4.74 Å². The van der Waals surface area contributed by atoms with Gasteiger partial charge >= 0.3 is 0 Å². The minimum absolute atomic E-state index is 0.00868. The molecule has 0 atom stereocenters. The molecule has 0 amide bonds. The molecule has 0 aromatic heterocycles. The average molecular weight is 141 g/mol. The van der Waals surface area contributed by atoms with Gasteiger partial charge in [0.25, 0.3) is 0 Å². The Labute approximate surface area is 62.1 Å². The Balaban J connectivity index is 2.34. The molecule has 2 nitrogen and oxygen atoms in total. The van der Waals surface area contributed by atoms with Crippen LogP contribution in [-0.2, 0) is 4.74 Å². The number of nitrogens with two attached hydrogens (primary N) is 1. The van der Waals surface area contributed by atoms with E-state index >= 15 is 0 Å². The van der Waals surface area contributed by atoms with Crippen molar-refractivity contribution in [2.45, 2.75) is 32.3 Å². The fourth-order valence-corrected chi connectivity index (χ4v) is 1.81. The zero-order valence-electron chi connectivity index (χ0n) is 6.68. The minimum Gasteiger partial charge on any atom is -0.474 e. The van der Waals surface area contributed by atoms with Gasteiger partial charge in [-0.3, -0.25) is 0 Å². The Morgan fingerprint density at radius 2 is 2.20 bits per heavy atom. The Kier molecular flexibility index (Phi) is 1.63. The van der Waals surface area contributed by atoms with E-state index in [-0.39, 0.29) is 5.60 Å². The summed E-state index contributed by atoms with van der Waals surface area (Å²) in [6.07, 6.45) is 2.20. The van der Waals surface area contributed by atoms with Crippen LogP contribution in [0.5, 0.6) is 0 Å². The lowest BCUT2D eigenvalue weighted by atomic mass is 9.73. The van der Waals surface area contributed by atoms with Crippen molar-refractivity contribution in [1.29, 1.82) is 0 Å². The lowest BCUT2D eigenvalue weighted by molar-refractivity contribution is -0.0764. The Morgan fingerprint density at radius 3 is 2.50 bits per heavy atom. The molecule has 0 radical (unpaired) electrons. The zero-order chi connectivity index (χ0) is 7.78. The van der Waals surface area contributed by atoms with E-state index in [4.69, 9.17) is 10.5 Å². The fraction of sp³-hybridized carbons (Fsp3) is 0.750. The molecule has 1 aliphatic rings. The second-order valence-electron chi connectivity index (χ2n) is 3.53. The molecule has 0 heterocycles. The zero-order valence-corrected chi connectivity index (χ0v) is 6.68. The van der Waals surface area contributed by atoms with E-state index in [0.29, 0.717) is 5.88 Å². The van der Waals surface area contributed by atoms with E-state index in [2.05, 4.69) is 20.4 Å². The van der Waals surface area contributed by atoms with Crippen LogP contribution in [0.15, 0.2) is 12.5 Å². The third kappa shape index (κ3) is 1.43. The third-order valence-corrected chi connectivity index (χ3v) is 1.94. The van der Waals surface area contributed by atoms with Crippen LogP contribution in [0.25, 0.3) is 0 Å². The van der Waals surface area contributed by atoms with Gasteiger partial charge in [0.2, 0.25) is 0 Å². The van der Waals surface area contributed by atoms with Gasteiger partial charge in [-0.1, -0.05) is 6.92 Å². The molecule has 1 saturated carbocycles. The summed E-state index contributed by atoms with van der Waals surface area (Å²) in [7, 11) is 0. The van der Waals surface area contributed by atoms with E-state index < -0.39 is 0 Å². The quantitative estimate of drug-likeness (QED) is 0.593. The highest BCUT2D eigenvalue weighted by atomic mass is 16.5. The van der Waals surface area contributed by atoms with E-state index in [1.54, 1.807) is 0 Å². The van der Waals surface area contributed by atoms with Gasteiger partial charge < -0.3 is 10.5 Å². The van der Waals surface area contributed by atoms with Gasteiger partial charge in [0.15, 0.2) is 5.88 Å². The Morgan fingerprint density at radius 1 is 1.70 bits per heavy atom. The van der Waals surface area contributed by atoms with Crippen LogP contribution in [-0.4, -0.2) is 5.60 Å². The maximum absolute atomic E-state index is 5.33. The topological polar surface area (TPSA) is 35.2 Å². The van der Waals surface area contributed by atoms with Gasteiger partial charge in [-0.15, -0.1) is 0 Å². The number of ether oxygens (including phenoxy) is 1. The summed E-state index contributed by atoms with van der Waals surface area (Å²) in [6, 6.07) is 0. The van der Waals surface area contributed by atoms with Crippen LogP contribution in [0.2, 0.25) is 0 Å². The predicted molar refractivity (Wildman–Crippen MR) is 41.2 cm³/mol. The van der Waals surface area contributed by atoms with Gasteiger partial charge in [-0.05, 0) is 32.3 Å². The van der Waals surface area contributed by atoms with Crippen LogP contribution >= 0.6 is 0 Å². The molecule has 1 aliphatic carbocycles. The standard InChI is InChI=1S/C8H15NO/c1-6-4-8(3,5-6)10-7(2)9/h6H,2,4-5,9H2,1,3H3/t6-,8+. The summed E-state index contributed by atoms with van der Waals surface area (Å²) in [5.41, 5.74) is 5.31. The van der Waals surface area contributed by atoms with Gasteiger partial charge in [0.05, 0.1) is 0 Å². The highest BCUT2D eigenvalue weighted by Crippen LogP contribution is 2.40. The first-order chi connectivity index (χ1) is 4.52. The Bertz CT molecular complexity index is 147.